The molecule has 0 unspecified atom stereocenters. The molecule has 1 aromatic carbocycles. The van der Waals surface area contributed by atoms with E-state index in [1.165, 1.54) is 5.56 Å². The minimum Gasteiger partial charge on any atom is -0.347 e. The number of carbonyl (C=O) groups excluding carboxylic acids is 2. The van der Waals surface area contributed by atoms with E-state index in [9.17, 15) is 9.59 Å². The summed E-state index contributed by atoms with van der Waals surface area (Å²) in [7, 11) is 3.55. The van der Waals surface area contributed by atoms with Crippen LogP contribution in [0, 0.1) is 0 Å². The van der Waals surface area contributed by atoms with E-state index < -0.39 is 0 Å². The first-order valence-electron chi connectivity index (χ1n) is 8.23. The quantitative estimate of drug-likeness (QED) is 0.821. The lowest BCUT2D eigenvalue weighted by Crippen LogP contribution is -2.59. The number of piperazine rings is 1. The van der Waals surface area contributed by atoms with Gasteiger partial charge in [0.15, 0.2) is 0 Å². The number of rotatable bonds is 5. The average molecular weight is 317 g/mol. The molecule has 1 heterocycles. The molecule has 2 amide bonds. The molecule has 1 atom stereocenters. The van der Waals surface area contributed by atoms with E-state index in [-0.39, 0.29) is 17.9 Å². The largest absolute Gasteiger partial charge is 0.347 e. The third kappa shape index (κ3) is 4.79. The first-order valence-corrected chi connectivity index (χ1v) is 8.23. The summed E-state index contributed by atoms with van der Waals surface area (Å²) < 4.78 is 0. The first-order chi connectivity index (χ1) is 11.0. The monoisotopic (exact) mass is 317 g/mol. The molecule has 1 saturated heterocycles. The Morgan fingerprint density at radius 2 is 1.87 bits per heavy atom. The first kappa shape index (κ1) is 17.5. The molecule has 1 aliphatic heterocycles. The van der Waals surface area contributed by atoms with Gasteiger partial charge in [-0.2, -0.15) is 0 Å². The number of aryl methyl sites for hydroxylation is 1. The number of hydrogen-bond donors (Lipinski definition) is 0. The number of amides is 2. The third-order valence-corrected chi connectivity index (χ3v) is 4.42. The second-order valence-corrected chi connectivity index (χ2v) is 6.34. The van der Waals surface area contributed by atoms with Crippen molar-refractivity contribution in [1.82, 2.24) is 14.7 Å². The highest BCUT2D eigenvalue weighted by Gasteiger charge is 2.33. The van der Waals surface area contributed by atoms with Gasteiger partial charge < -0.3 is 9.80 Å². The zero-order valence-corrected chi connectivity index (χ0v) is 14.4. The van der Waals surface area contributed by atoms with Crippen LogP contribution in [-0.4, -0.2) is 72.8 Å². The highest BCUT2D eigenvalue weighted by atomic mass is 16.2. The number of likely N-dealkylation sites (N-methyl/N-ethyl adjacent to an activating group) is 1. The molecule has 0 N–H and O–H groups in total. The minimum absolute atomic E-state index is 0.0468. The molecule has 1 aliphatic rings. The molecule has 0 aliphatic carbocycles. The normalized spacial score (nSPS) is 18.7. The molecule has 5 heteroatoms. The molecule has 1 fully saturated rings. The van der Waals surface area contributed by atoms with Crippen LogP contribution in [0.2, 0.25) is 0 Å². The van der Waals surface area contributed by atoms with Crippen LogP contribution in [0.25, 0.3) is 0 Å². The van der Waals surface area contributed by atoms with Gasteiger partial charge >= 0.3 is 0 Å². The zero-order valence-electron chi connectivity index (χ0n) is 14.4. The van der Waals surface area contributed by atoms with Gasteiger partial charge in [0, 0.05) is 40.7 Å². The van der Waals surface area contributed by atoms with Crippen LogP contribution >= 0.6 is 0 Å². The van der Waals surface area contributed by atoms with E-state index in [0.717, 1.165) is 25.9 Å². The van der Waals surface area contributed by atoms with Gasteiger partial charge in [0.2, 0.25) is 11.8 Å². The van der Waals surface area contributed by atoms with Crippen molar-refractivity contribution in [2.45, 2.75) is 25.8 Å². The van der Waals surface area contributed by atoms with Crippen molar-refractivity contribution in [2.24, 2.45) is 0 Å². The summed E-state index contributed by atoms with van der Waals surface area (Å²) in [5.41, 5.74) is 1.32. The maximum absolute atomic E-state index is 12.5. The lowest BCUT2D eigenvalue weighted by Gasteiger charge is -2.41. The fourth-order valence-corrected chi connectivity index (χ4v) is 3.04. The molecular weight excluding hydrogens is 290 g/mol. The van der Waals surface area contributed by atoms with Gasteiger partial charge in [0.05, 0.1) is 0 Å². The van der Waals surface area contributed by atoms with Crippen LogP contribution in [-0.2, 0) is 16.0 Å². The van der Waals surface area contributed by atoms with E-state index in [1.807, 2.05) is 6.07 Å². The highest BCUT2D eigenvalue weighted by molar-refractivity contribution is 5.83. The van der Waals surface area contributed by atoms with Gasteiger partial charge in [-0.3, -0.25) is 14.5 Å². The Morgan fingerprint density at radius 3 is 2.48 bits per heavy atom. The third-order valence-electron chi connectivity index (χ3n) is 4.42. The van der Waals surface area contributed by atoms with Crippen molar-refractivity contribution in [1.29, 1.82) is 0 Å². The summed E-state index contributed by atoms with van der Waals surface area (Å²) in [5.74, 6) is 0.126. The Labute approximate surface area is 138 Å². The second kappa shape index (κ2) is 8.11. The molecule has 0 spiro atoms. The fourth-order valence-electron chi connectivity index (χ4n) is 3.04. The Morgan fingerprint density at radius 1 is 1.17 bits per heavy atom. The summed E-state index contributed by atoms with van der Waals surface area (Å²) in [6, 6.07) is 10.2. The number of hydrogen-bond acceptors (Lipinski definition) is 3. The highest BCUT2D eigenvalue weighted by Crippen LogP contribution is 2.14. The van der Waals surface area contributed by atoms with E-state index in [2.05, 4.69) is 29.2 Å². The van der Waals surface area contributed by atoms with Crippen molar-refractivity contribution >= 4 is 11.8 Å². The van der Waals surface area contributed by atoms with E-state index in [1.54, 1.807) is 30.8 Å². The van der Waals surface area contributed by atoms with Crippen LogP contribution in [0.1, 0.15) is 18.9 Å². The fraction of sp³-hybridized carbons (Fsp3) is 0.556. The standard InChI is InChI=1S/C18H27N3O2/c1-15(22)21-13-12-20(17(14-21)18(23)19(2)3)11-7-10-16-8-5-4-6-9-16/h4-6,8-9,17H,7,10-14H2,1-3H3/t17-/m0/s1. The smallest absolute Gasteiger partial charge is 0.241 e. The Kier molecular flexibility index (Phi) is 6.16. The van der Waals surface area contributed by atoms with Crippen molar-refractivity contribution in [3.8, 4) is 0 Å². The van der Waals surface area contributed by atoms with Gasteiger partial charge in [0.1, 0.15) is 6.04 Å². The van der Waals surface area contributed by atoms with Gasteiger partial charge in [-0.25, -0.2) is 0 Å². The van der Waals surface area contributed by atoms with Gasteiger partial charge in [-0.05, 0) is 24.9 Å². The topological polar surface area (TPSA) is 43.9 Å². The molecule has 23 heavy (non-hydrogen) atoms. The van der Waals surface area contributed by atoms with Crippen LogP contribution in [0.3, 0.4) is 0 Å². The average Bonchev–Trinajstić information content (AvgIpc) is 2.55. The molecule has 5 nitrogen and oxygen atoms in total. The molecular formula is C18H27N3O2. The van der Waals surface area contributed by atoms with Crippen molar-refractivity contribution in [2.75, 3.05) is 40.3 Å². The summed E-state index contributed by atoms with van der Waals surface area (Å²) in [6.45, 7) is 4.42. The zero-order chi connectivity index (χ0) is 16.8. The predicted octanol–water partition coefficient (Wildman–Crippen LogP) is 1.24. The number of benzene rings is 1. The molecule has 0 bridgehead atoms. The van der Waals surface area contributed by atoms with Crippen LogP contribution in [0.4, 0.5) is 0 Å². The molecule has 0 radical (unpaired) electrons. The van der Waals surface area contributed by atoms with Gasteiger partial charge in [0.25, 0.3) is 0 Å². The van der Waals surface area contributed by atoms with Crippen molar-refractivity contribution < 1.29 is 9.59 Å². The summed E-state index contributed by atoms with van der Waals surface area (Å²) in [6.07, 6.45) is 2.03. The molecule has 0 saturated carbocycles. The van der Waals surface area contributed by atoms with E-state index in [0.29, 0.717) is 13.1 Å². The van der Waals surface area contributed by atoms with Crippen LogP contribution in [0.5, 0.6) is 0 Å². The number of nitrogens with zero attached hydrogens (tertiary/aromatic N) is 3. The molecule has 2 rings (SSSR count). The van der Waals surface area contributed by atoms with Gasteiger partial charge in [-0.1, -0.05) is 30.3 Å². The Hall–Kier alpha value is -1.88. The predicted molar refractivity (Wildman–Crippen MR) is 91.1 cm³/mol. The summed E-state index contributed by atoms with van der Waals surface area (Å²) in [5, 5.41) is 0. The molecule has 0 aromatic heterocycles. The Balaban J connectivity index is 1.94. The van der Waals surface area contributed by atoms with E-state index >= 15 is 0 Å². The van der Waals surface area contributed by atoms with Crippen LogP contribution < -0.4 is 0 Å². The SMILES string of the molecule is CC(=O)N1CCN(CCCc2ccccc2)[C@H](C(=O)N(C)C)C1. The van der Waals surface area contributed by atoms with Crippen LogP contribution in [0.15, 0.2) is 30.3 Å². The lowest BCUT2D eigenvalue weighted by atomic mass is 10.1. The van der Waals surface area contributed by atoms with Gasteiger partial charge in [-0.15, -0.1) is 0 Å². The minimum atomic E-state index is -0.224. The van der Waals surface area contributed by atoms with Crippen molar-refractivity contribution in [3.05, 3.63) is 35.9 Å². The maximum atomic E-state index is 12.5. The summed E-state index contributed by atoms with van der Waals surface area (Å²) in [4.78, 5) is 29.7. The molecule has 126 valence electrons. The van der Waals surface area contributed by atoms with E-state index in [4.69, 9.17) is 0 Å². The van der Waals surface area contributed by atoms with Crippen molar-refractivity contribution in [3.63, 3.8) is 0 Å². The molecule has 1 aromatic rings. The number of carbonyl (C=O) groups is 2. The maximum Gasteiger partial charge on any atom is 0.241 e. The summed E-state index contributed by atoms with van der Waals surface area (Å²) >= 11 is 0. The Bertz CT molecular complexity index is 530. The lowest BCUT2D eigenvalue weighted by molar-refractivity contribution is -0.141. The second-order valence-electron chi connectivity index (χ2n) is 6.34.